The van der Waals surface area contributed by atoms with E-state index >= 15 is 0 Å². The SMILES string of the molecule is C=CC(=O)N(CC)CC(=O)N1CCC(C)(c2ccc(C(F)(F)F)cc2)C1. The Hall–Kier alpha value is -2.31. The first-order valence-electron chi connectivity index (χ1n) is 8.47. The van der Waals surface area contributed by atoms with Gasteiger partial charge in [-0.2, -0.15) is 13.2 Å². The van der Waals surface area contributed by atoms with Crippen molar-refractivity contribution in [3.05, 3.63) is 48.0 Å². The van der Waals surface area contributed by atoms with Crippen molar-refractivity contribution in [1.29, 1.82) is 0 Å². The van der Waals surface area contributed by atoms with Crippen molar-refractivity contribution in [3.63, 3.8) is 0 Å². The van der Waals surface area contributed by atoms with Gasteiger partial charge in [0.2, 0.25) is 11.8 Å². The molecule has 1 heterocycles. The number of halogens is 3. The Morgan fingerprint density at radius 2 is 1.92 bits per heavy atom. The summed E-state index contributed by atoms with van der Waals surface area (Å²) in [6.07, 6.45) is -2.53. The lowest BCUT2D eigenvalue weighted by atomic mass is 9.81. The van der Waals surface area contributed by atoms with Crippen LogP contribution in [0.2, 0.25) is 0 Å². The molecule has 0 spiro atoms. The van der Waals surface area contributed by atoms with Crippen LogP contribution in [0.1, 0.15) is 31.4 Å². The minimum atomic E-state index is -4.36. The van der Waals surface area contributed by atoms with Gasteiger partial charge in [-0.1, -0.05) is 25.6 Å². The summed E-state index contributed by atoms with van der Waals surface area (Å²) in [7, 11) is 0. The maximum Gasteiger partial charge on any atom is 0.416 e. The second kappa shape index (κ2) is 7.51. The highest BCUT2D eigenvalue weighted by atomic mass is 19.4. The minimum absolute atomic E-state index is 0.0234. The summed E-state index contributed by atoms with van der Waals surface area (Å²) in [5.74, 6) is -0.469. The molecule has 0 aromatic heterocycles. The maximum atomic E-state index is 12.7. The lowest BCUT2D eigenvalue weighted by molar-refractivity contribution is -0.137. The largest absolute Gasteiger partial charge is 0.416 e. The predicted octanol–water partition coefficient (Wildman–Crippen LogP) is 3.23. The lowest BCUT2D eigenvalue weighted by Crippen LogP contribution is -2.42. The molecule has 1 aliphatic rings. The number of rotatable bonds is 5. The summed E-state index contributed by atoms with van der Waals surface area (Å²) in [5.41, 5.74) is -0.313. The van der Waals surface area contributed by atoms with Gasteiger partial charge in [-0.05, 0) is 37.1 Å². The highest BCUT2D eigenvalue weighted by Gasteiger charge is 2.38. The molecule has 0 aliphatic carbocycles. The number of alkyl halides is 3. The van der Waals surface area contributed by atoms with E-state index in [4.69, 9.17) is 0 Å². The number of hydrogen-bond donors (Lipinski definition) is 0. The van der Waals surface area contributed by atoms with E-state index in [0.29, 0.717) is 26.1 Å². The average Bonchev–Trinajstić information content (AvgIpc) is 3.02. The maximum absolute atomic E-state index is 12.7. The number of benzene rings is 1. The molecule has 0 saturated carbocycles. The fraction of sp³-hybridized carbons (Fsp3) is 0.474. The van der Waals surface area contributed by atoms with Crippen molar-refractivity contribution in [1.82, 2.24) is 9.80 Å². The number of carbonyl (C=O) groups is 2. The molecule has 0 bridgehead atoms. The van der Waals surface area contributed by atoms with E-state index in [0.717, 1.165) is 17.7 Å². The van der Waals surface area contributed by atoms with Crippen molar-refractivity contribution < 1.29 is 22.8 Å². The fourth-order valence-electron chi connectivity index (χ4n) is 3.21. The van der Waals surface area contributed by atoms with Crippen molar-refractivity contribution in [3.8, 4) is 0 Å². The van der Waals surface area contributed by atoms with Gasteiger partial charge in [0.15, 0.2) is 0 Å². The van der Waals surface area contributed by atoms with Crippen molar-refractivity contribution in [2.75, 3.05) is 26.2 Å². The molecular weight excluding hydrogens is 345 g/mol. The zero-order valence-electron chi connectivity index (χ0n) is 15.0. The summed E-state index contributed by atoms with van der Waals surface area (Å²) in [5, 5.41) is 0. The molecule has 1 saturated heterocycles. The Morgan fingerprint density at radius 1 is 1.31 bits per heavy atom. The summed E-state index contributed by atoms with van der Waals surface area (Å²) in [4.78, 5) is 27.3. The van der Waals surface area contributed by atoms with Gasteiger partial charge in [0.25, 0.3) is 0 Å². The van der Waals surface area contributed by atoms with Gasteiger partial charge >= 0.3 is 6.18 Å². The molecule has 1 aliphatic heterocycles. The summed E-state index contributed by atoms with van der Waals surface area (Å²) < 4.78 is 38.2. The Bertz CT molecular complexity index is 685. The smallest absolute Gasteiger partial charge is 0.340 e. The summed E-state index contributed by atoms with van der Waals surface area (Å²) in [6.45, 7) is 8.45. The van der Waals surface area contributed by atoms with Gasteiger partial charge in [0.1, 0.15) is 0 Å². The quantitative estimate of drug-likeness (QED) is 0.749. The van der Waals surface area contributed by atoms with Crippen LogP contribution in [0.15, 0.2) is 36.9 Å². The van der Waals surface area contributed by atoms with Gasteiger partial charge in [-0.3, -0.25) is 9.59 Å². The van der Waals surface area contributed by atoms with E-state index < -0.39 is 17.2 Å². The molecule has 0 N–H and O–H groups in total. The van der Waals surface area contributed by atoms with Crippen LogP contribution < -0.4 is 0 Å². The Morgan fingerprint density at radius 3 is 2.42 bits per heavy atom. The van der Waals surface area contributed by atoms with E-state index in [-0.39, 0.29) is 18.4 Å². The van der Waals surface area contributed by atoms with Crippen LogP contribution in [0.5, 0.6) is 0 Å². The molecule has 2 amide bonds. The van der Waals surface area contributed by atoms with Gasteiger partial charge < -0.3 is 9.80 Å². The van der Waals surface area contributed by atoms with Crippen molar-refractivity contribution in [2.24, 2.45) is 0 Å². The molecule has 0 radical (unpaired) electrons. The van der Waals surface area contributed by atoms with E-state index in [2.05, 4.69) is 6.58 Å². The third-order valence-corrected chi connectivity index (χ3v) is 4.93. The normalized spacial score (nSPS) is 20.1. The van der Waals surface area contributed by atoms with Crippen LogP contribution in [-0.2, 0) is 21.2 Å². The monoisotopic (exact) mass is 368 g/mol. The number of likely N-dealkylation sites (tertiary alicyclic amines) is 1. The predicted molar refractivity (Wildman–Crippen MR) is 92.4 cm³/mol. The second-order valence-electron chi connectivity index (χ2n) is 6.76. The van der Waals surface area contributed by atoms with E-state index in [1.165, 1.54) is 23.1 Å². The zero-order chi connectivity index (χ0) is 19.5. The molecule has 1 aromatic carbocycles. The molecule has 142 valence electrons. The third-order valence-electron chi connectivity index (χ3n) is 4.93. The van der Waals surface area contributed by atoms with Crippen molar-refractivity contribution in [2.45, 2.75) is 31.9 Å². The Kier molecular flexibility index (Phi) is 5.78. The molecule has 7 heteroatoms. The number of nitrogens with zero attached hydrogens (tertiary/aromatic N) is 2. The lowest BCUT2D eigenvalue weighted by Gasteiger charge is -2.27. The minimum Gasteiger partial charge on any atom is -0.340 e. The molecule has 1 atom stereocenters. The van der Waals surface area contributed by atoms with E-state index in [9.17, 15) is 22.8 Å². The zero-order valence-corrected chi connectivity index (χ0v) is 15.0. The van der Waals surface area contributed by atoms with Gasteiger partial charge in [-0.15, -0.1) is 0 Å². The third kappa shape index (κ3) is 4.26. The van der Waals surface area contributed by atoms with Crippen LogP contribution in [0.4, 0.5) is 13.2 Å². The fourth-order valence-corrected chi connectivity index (χ4v) is 3.21. The number of carbonyl (C=O) groups excluding carboxylic acids is 2. The standard InChI is InChI=1S/C19H23F3N2O2/c1-4-16(25)23(5-2)12-17(26)24-11-10-18(3,13-24)14-6-8-15(9-7-14)19(20,21)22/h4,6-9H,1,5,10-13H2,2-3H3. The van der Waals surface area contributed by atoms with Crippen LogP contribution >= 0.6 is 0 Å². The Labute approximate surface area is 151 Å². The second-order valence-corrected chi connectivity index (χ2v) is 6.76. The molecule has 26 heavy (non-hydrogen) atoms. The number of amides is 2. The first kappa shape index (κ1) is 20.0. The molecule has 1 aromatic rings. The van der Waals surface area contributed by atoms with Gasteiger partial charge in [-0.25, -0.2) is 0 Å². The average molecular weight is 368 g/mol. The summed E-state index contributed by atoms with van der Waals surface area (Å²) in [6, 6.07) is 5.12. The van der Waals surface area contributed by atoms with Crippen LogP contribution in [0, 0.1) is 0 Å². The van der Waals surface area contributed by atoms with Crippen LogP contribution in [0.25, 0.3) is 0 Å². The number of hydrogen-bond acceptors (Lipinski definition) is 2. The topological polar surface area (TPSA) is 40.6 Å². The van der Waals surface area contributed by atoms with Crippen LogP contribution in [0.3, 0.4) is 0 Å². The molecule has 1 fully saturated rings. The first-order valence-corrected chi connectivity index (χ1v) is 8.47. The molecule has 2 rings (SSSR count). The van der Waals surface area contributed by atoms with Crippen LogP contribution in [-0.4, -0.2) is 47.8 Å². The Balaban J connectivity index is 2.07. The van der Waals surface area contributed by atoms with Crippen molar-refractivity contribution >= 4 is 11.8 Å². The van der Waals surface area contributed by atoms with Gasteiger partial charge in [0, 0.05) is 25.0 Å². The highest BCUT2D eigenvalue weighted by Crippen LogP contribution is 2.36. The van der Waals surface area contributed by atoms with E-state index in [1.807, 2.05) is 6.92 Å². The molecule has 4 nitrogen and oxygen atoms in total. The first-order chi connectivity index (χ1) is 12.1. The molecular formula is C19H23F3N2O2. The highest BCUT2D eigenvalue weighted by molar-refractivity contribution is 5.91. The number of likely N-dealkylation sites (N-methyl/N-ethyl adjacent to an activating group) is 1. The van der Waals surface area contributed by atoms with Gasteiger partial charge in [0.05, 0.1) is 12.1 Å². The van der Waals surface area contributed by atoms with E-state index in [1.54, 1.807) is 11.8 Å². The summed E-state index contributed by atoms with van der Waals surface area (Å²) >= 11 is 0. The molecule has 1 unspecified atom stereocenters.